The van der Waals surface area contributed by atoms with Gasteiger partial charge in [0.05, 0.1) is 0 Å². The Morgan fingerprint density at radius 2 is 1.68 bits per heavy atom. The fraction of sp³-hybridized carbons (Fsp3) is 0.263. The molecule has 1 unspecified atom stereocenters. The van der Waals surface area contributed by atoms with E-state index in [2.05, 4.69) is 10.9 Å². The van der Waals surface area contributed by atoms with E-state index in [0.717, 1.165) is 5.56 Å². The number of amides is 2. The van der Waals surface area contributed by atoms with Crippen LogP contribution in [-0.2, 0) is 9.59 Å². The summed E-state index contributed by atoms with van der Waals surface area (Å²) in [7, 11) is 0. The molecule has 0 saturated carbocycles. The minimum atomic E-state index is -0.694. The lowest BCUT2D eigenvalue weighted by molar-refractivity contribution is -0.134. The van der Waals surface area contributed by atoms with Crippen molar-refractivity contribution in [3.63, 3.8) is 0 Å². The second-order valence-corrected chi connectivity index (χ2v) is 5.42. The highest BCUT2D eigenvalue weighted by atomic mass is 16.5. The molecule has 2 aromatic carbocycles. The molecule has 0 spiro atoms. The molecule has 0 aliphatic rings. The molecule has 0 heterocycles. The van der Waals surface area contributed by atoms with Crippen LogP contribution in [-0.4, -0.2) is 24.5 Å². The highest BCUT2D eigenvalue weighted by Crippen LogP contribution is 2.15. The zero-order valence-corrected chi connectivity index (χ0v) is 14.3. The maximum atomic E-state index is 12.1. The average Bonchev–Trinajstić information content (AvgIpc) is 2.64. The van der Waals surface area contributed by atoms with Crippen molar-refractivity contribution in [3.05, 3.63) is 60.2 Å². The molecule has 0 aromatic heterocycles. The number of benzene rings is 2. The fourth-order valence-corrected chi connectivity index (χ4v) is 2.10. The van der Waals surface area contributed by atoms with Crippen LogP contribution in [0, 0.1) is 6.92 Å². The van der Waals surface area contributed by atoms with Gasteiger partial charge < -0.3 is 9.47 Å². The number of aryl methyl sites for hydroxylation is 1. The van der Waals surface area contributed by atoms with Crippen molar-refractivity contribution in [2.45, 2.75) is 26.4 Å². The normalized spacial score (nSPS) is 11.3. The quantitative estimate of drug-likeness (QED) is 0.758. The van der Waals surface area contributed by atoms with Gasteiger partial charge in [-0.1, -0.05) is 43.3 Å². The van der Waals surface area contributed by atoms with Crippen LogP contribution in [0.1, 0.15) is 18.9 Å². The average molecular weight is 342 g/mol. The number of nitrogens with one attached hydrogen (secondary N) is 2. The first-order chi connectivity index (χ1) is 12.1. The molecule has 0 fully saturated rings. The standard InChI is InChI=1S/C19H22N2O4/c1-3-16(25-15-10-5-4-6-11-15)19(23)21-20-18(22)13-24-17-12-8-7-9-14(17)2/h4-12,16H,3,13H2,1-2H3,(H,20,22)(H,21,23). The first-order valence-corrected chi connectivity index (χ1v) is 8.09. The van der Waals surface area contributed by atoms with E-state index in [1.807, 2.05) is 50.2 Å². The number of carbonyl (C=O) groups is 2. The van der Waals surface area contributed by atoms with Crippen molar-refractivity contribution in [1.82, 2.24) is 10.9 Å². The topological polar surface area (TPSA) is 76.7 Å². The third kappa shape index (κ3) is 5.84. The van der Waals surface area contributed by atoms with E-state index in [1.54, 1.807) is 18.2 Å². The van der Waals surface area contributed by atoms with Crippen LogP contribution >= 0.6 is 0 Å². The van der Waals surface area contributed by atoms with Gasteiger partial charge >= 0.3 is 0 Å². The van der Waals surface area contributed by atoms with Crippen molar-refractivity contribution in [1.29, 1.82) is 0 Å². The SMILES string of the molecule is CCC(Oc1ccccc1)C(=O)NNC(=O)COc1ccccc1C. The van der Waals surface area contributed by atoms with E-state index in [-0.39, 0.29) is 6.61 Å². The second kappa shape index (κ2) is 9.32. The summed E-state index contributed by atoms with van der Waals surface area (Å²) in [6, 6.07) is 16.4. The number of hydrogen-bond donors (Lipinski definition) is 2. The van der Waals surface area contributed by atoms with Crippen LogP contribution in [0.15, 0.2) is 54.6 Å². The first-order valence-electron chi connectivity index (χ1n) is 8.09. The van der Waals surface area contributed by atoms with Gasteiger partial charge in [-0.2, -0.15) is 0 Å². The van der Waals surface area contributed by atoms with Gasteiger partial charge in [-0.25, -0.2) is 0 Å². The van der Waals surface area contributed by atoms with Crippen LogP contribution in [0.5, 0.6) is 11.5 Å². The molecule has 1 atom stereocenters. The van der Waals surface area contributed by atoms with Gasteiger partial charge in [-0.3, -0.25) is 20.4 Å². The number of para-hydroxylation sites is 2. The maximum absolute atomic E-state index is 12.1. The summed E-state index contributed by atoms with van der Waals surface area (Å²) in [6.45, 7) is 3.53. The van der Waals surface area contributed by atoms with E-state index in [0.29, 0.717) is 17.9 Å². The van der Waals surface area contributed by atoms with E-state index in [4.69, 9.17) is 9.47 Å². The van der Waals surface area contributed by atoms with Gasteiger partial charge in [-0.15, -0.1) is 0 Å². The number of rotatable bonds is 7. The zero-order chi connectivity index (χ0) is 18.1. The van der Waals surface area contributed by atoms with Gasteiger partial charge in [0.1, 0.15) is 11.5 Å². The summed E-state index contributed by atoms with van der Waals surface area (Å²) in [5.74, 6) is 0.350. The number of ether oxygens (including phenoxy) is 2. The molecule has 132 valence electrons. The van der Waals surface area contributed by atoms with Crippen LogP contribution in [0.3, 0.4) is 0 Å². The van der Waals surface area contributed by atoms with E-state index < -0.39 is 17.9 Å². The fourth-order valence-electron chi connectivity index (χ4n) is 2.10. The Morgan fingerprint density at radius 1 is 1.00 bits per heavy atom. The Balaban J connectivity index is 1.77. The van der Waals surface area contributed by atoms with Crippen molar-refractivity contribution in [2.75, 3.05) is 6.61 Å². The van der Waals surface area contributed by atoms with Gasteiger partial charge in [0.15, 0.2) is 12.7 Å². The van der Waals surface area contributed by atoms with Crippen LogP contribution < -0.4 is 20.3 Å². The lowest BCUT2D eigenvalue weighted by atomic mass is 10.2. The van der Waals surface area contributed by atoms with Crippen molar-refractivity contribution in [3.8, 4) is 11.5 Å². The molecule has 0 radical (unpaired) electrons. The predicted octanol–water partition coefficient (Wildman–Crippen LogP) is 2.38. The van der Waals surface area contributed by atoms with Crippen LogP contribution in [0.2, 0.25) is 0 Å². The Kier molecular flexibility index (Phi) is 6.83. The highest BCUT2D eigenvalue weighted by Gasteiger charge is 2.19. The molecule has 2 amide bonds. The lowest BCUT2D eigenvalue weighted by Crippen LogP contribution is -2.49. The minimum Gasteiger partial charge on any atom is -0.483 e. The number of carbonyl (C=O) groups excluding carboxylic acids is 2. The number of hydrazine groups is 1. The van der Waals surface area contributed by atoms with Crippen LogP contribution in [0.4, 0.5) is 0 Å². The largest absolute Gasteiger partial charge is 0.483 e. The minimum absolute atomic E-state index is 0.193. The Bertz CT molecular complexity index is 704. The molecule has 2 rings (SSSR count). The molecule has 6 nitrogen and oxygen atoms in total. The summed E-state index contributed by atoms with van der Waals surface area (Å²) >= 11 is 0. The summed E-state index contributed by atoms with van der Waals surface area (Å²) in [4.78, 5) is 23.9. The molecule has 25 heavy (non-hydrogen) atoms. The maximum Gasteiger partial charge on any atom is 0.279 e. The molecule has 0 bridgehead atoms. The molecule has 2 aromatic rings. The molecule has 6 heteroatoms. The van der Waals surface area contributed by atoms with Crippen LogP contribution in [0.25, 0.3) is 0 Å². The predicted molar refractivity (Wildman–Crippen MR) is 94.1 cm³/mol. The summed E-state index contributed by atoms with van der Waals surface area (Å²) in [5.41, 5.74) is 5.62. The van der Waals surface area contributed by atoms with E-state index >= 15 is 0 Å². The summed E-state index contributed by atoms with van der Waals surface area (Å²) < 4.78 is 11.0. The Morgan fingerprint density at radius 3 is 2.36 bits per heavy atom. The number of hydrogen-bond acceptors (Lipinski definition) is 4. The smallest absolute Gasteiger partial charge is 0.279 e. The molecular weight excluding hydrogens is 320 g/mol. The molecular formula is C19H22N2O4. The third-order valence-electron chi connectivity index (χ3n) is 3.46. The summed E-state index contributed by atoms with van der Waals surface area (Å²) in [5, 5.41) is 0. The first kappa shape index (κ1) is 18.3. The van der Waals surface area contributed by atoms with Gasteiger partial charge in [0.2, 0.25) is 0 Å². The van der Waals surface area contributed by atoms with E-state index in [1.165, 1.54) is 0 Å². The monoisotopic (exact) mass is 342 g/mol. The highest BCUT2D eigenvalue weighted by molar-refractivity contribution is 5.85. The van der Waals surface area contributed by atoms with Crippen molar-refractivity contribution < 1.29 is 19.1 Å². The zero-order valence-electron chi connectivity index (χ0n) is 14.3. The third-order valence-corrected chi connectivity index (χ3v) is 3.46. The lowest BCUT2D eigenvalue weighted by Gasteiger charge is -2.17. The Hall–Kier alpha value is -3.02. The van der Waals surface area contributed by atoms with Gasteiger partial charge in [-0.05, 0) is 37.1 Å². The van der Waals surface area contributed by atoms with Crippen molar-refractivity contribution >= 4 is 11.8 Å². The molecule has 0 saturated heterocycles. The van der Waals surface area contributed by atoms with Gasteiger partial charge in [0.25, 0.3) is 11.8 Å². The van der Waals surface area contributed by atoms with Crippen molar-refractivity contribution in [2.24, 2.45) is 0 Å². The Labute approximate surface area is 147 Å². The molecule has 0 aliphatic heterocycles. The second-order valence-electron chi connectivity index (χ2n) is 5.42. The summed E-state index contributed by atoms with van der Waals surface area (Å²) in [6.07, 6.45) is -0.226. The van der Waals surface area contributed by atoms with Gasteiger partial charge in [0, 0.05) is 0 Å². The van der Waals surface area contributed by atoms with E-state index in [9.17, 15) is 9.59 Å². The molecule has 0 aliphatic carbocycles. The molecule has 2 N–H and O–H groups in total.